The maximum atomic E-state index is 14.0. The number of carbonyl (C=O) groups excluding carboxylic acids is 1. The zero-order valence-corrected chi connectivity index (χ0v) is 19.7. The molecular weight excluding hydrogens is 441 g/mol. The van der Waals surface area contributed by atoms with Crippen molar-refractivity contribution in [2.24, 2.45) is 0 Å². The number of nitrogens with zero attached hydrogens (tertiary/aromatic N) is 3. The number of hydrogen-bond donors (Lipinski definition) is 3. The number of amides is 3. The highest BCUT2D eigenvalue weighted by Crippen LogP contribution is 2.29. The van der Waals surface area contributed by atoms with Gasteiger partial charge in [0, 0.05) is 17.8 Å². The van der Waals surface area contributed by atoms with Crippen molar-refractivity contribution in [1.82, 2.24) is 19.8 Å². The predicted octanol–water partition coefficient (Wildman–Crippen LogP) is 4.51. The first-order valence-electron chi connectivity index (χ1n) is 10.8. The van der Waals surface area contributed by atoms with Crippen molar-refractivity contribution in [1.29, 1.82) is 0 Å². The standard InChI is InChI=1S/C24H28FN5O4/c1-6-26-22(32)27-16-8-7-9-17(13-16)29-20(14(2)30(23(33)34)24(3,4)5)28-19-11-10-15(25)12-18(19)21(29)31/h7-14H,6H2,1-5H3,(H,33,34)(H2,26,27,32)/t14-/m0/s1. The molecule has 1 atom stereocenters. The Balaban J connectivity index is 2.28. The third-order valence-corrected chi connectivity index (χ3v) is 5.25. The van der Waals surface area contributed by atoms with Crippen molar-refractivity contribution in [3.63, 3.8) is 0 Å². The van der Waals surface area contributed by atoms with Crippen molar-refractivity contribution in [3.05, 3.63) is 64.5 Å². The topological polar surface area (TPSA) is 117 Å². The highest BCUT2D eigenvalue weighted by atomic mass is 19.1. The lowest BCUT2D eigenvalue weighted by molar-refractivity contribution is 0.0719. The highest BCUT2D eigenvalue weighted by molar-refractivity contribution is 5.89. The van der Waals surface area contributed by atoms with Crippen LogP contribution in [0.5, 0.6) is 0 Å². The lowest BCUT2D eigenvalue weighted by Crippen LogP contribution is -2.47. The van der Waals surface area contributed by atoms with Crippen LogP contribution in [-0.2, 0) is 0 Å². The molecule has 10 heteroatoms. The van der Waals surface area contributed by atoms with Gasteiger partial charge < -0.3 is 15.7 Å². The van der Waals surface area contributed by atoms with Crippen molar-refractivity contribution in [2.75, 3.05) is 11.9 Å². The molecule has 3 amide bonds. The Hall–Kier alpha value is -3.95. The predicted molar refractivity (Wildman–Crippen MR) is 128 cm³/mol. The van der Waals surface area contributed by atoms with Crippen molar-refractivity contribution < 1.29 is 19.1 Å². The van der Waals surface area contributed by atoms with E-state index in [9.17, 15) is 23.9 Å². The van der Waals surface area contributed by atoms with E-state index in [1.165, 1.54) is 21.6 Å². The molecule has 2 aromatic carbocycles. The van der Waals surface area contributed by atoms with Gasteiger partial charge in [0.05, 0.1) is 22.6 Å². The first-order valence-corrected chi connectivity index (χ1v) is 10.8. The van der Waals surface area contributed by atoms with Crippen LogP contribution in [0.15, 0.2) is 47.3 Å². The van der Waals surface area contributed by atoms with Gasteiger partial charge in [-0.3, -0.25) is 14.3 Å². The van der Waals surface area contributed by atoms with Gasteiger partial charge in [-0.1, -0.05) is 6.07 Å². The summed E-state index contributed by atoms with van der Waals surface area (Å²) in [6.07, 6.45) is -1.17. The molecule has 0 fully saturated rings. The van der Waals surface area contributed by atoms with Gasteiger partial charge in [0.1, 0.15) is 11.6 Å². The van der Waals surface area contributed by atoms with Crippen molar-refractivity contribution in [2.45, 2.75) is 46.2 Å². The molecule has 1 aromatic heterocycles. The molecular formula is C24H28FN5O4. The summed E-state index contributed by atoms with van der Waals surface area (Å²) >= 11 is 0. The smallest absolute Gasteiger partial charge is 0.408 e. The minimum Gasteiger partial charge on any atom is -0.465 e. The molecule has 9 nitrogen and oxygen atoms in total. The molecule has 34 heavy (non-hydrogen) atoms. The number of fused-ring (bicyclic) bond motifs is 1. The summed E-state index contributed by atoms with van der Waals surface area (Å²) in [6.45, 7) is 9.09. The number of halogens is 1. The molecule has 0 bridgehead atoms. The van der Waals surface area contributed by atoms with E-state index >= 15 is 0 Å². The fraction of sp³-hybridized carbons (Fsp3) is 0.333. The van der Waals surface area contributed by atoms with Crippen LogP contribution in [0, 0.1) is 5.82 Å². The van der Waals surface area contributed by atoms with E-state index in [1.807, 2.05) is 0 Å². The summed E-state index contributed by atoms with van der Waals surface area (Å²) in [6, 6.07) is 8.95. The molecule has 3 aromatic rings. The van der Waals surface area contributed by atoms with Crippen LogP contribution in [0.4, 0.5) is 19.7 Å². The Kier molecular flexibility index (Phi) is 6.90. The van der Waals surface area contributed by atoms with E-state index in [2.05, 4.69) is 15.6 Å². The number of hydrogen-bond acceptors (Lipinski definition) is 4. The van der Waals surface area contributed by atoms with E-state index in [0.717, 1.165) is 6.07 Å². The van der Waals surface area contributed by atoms with E-state index in [0.29, 0.717) is 17.9 Å². The van der Waals surface area contributed by atoms with Gasteiger partial charge in [-0.25, -0.2) is 19.0 Å². The van der Waals surface area contributed by atoms with Gasteiger partial charge in [-0.15, -0.1) is 0 Å². The molecule has 1 heterocycles. The van der Waals surface area contributed by atoms with Crippen LogP contribution in [0.25, 0.3) is 16.6 Å². The van der Waals surface area contributed by atoms with Crippen LogP contribution in [0.1, 0.15) is 46.5 Å². The molecule has 0 radical (unpaired) electrons. The molecule has 0 spiro atoms. The van der Waals surface area contributed by atoms with E-state index in [4.69, 9.17) is 0 Å². The average Bonchev–Trinajstić information content (AvgIpc) is 2.73. The summed E-state index contributed by atoms with van der Waals surface area (Å²) < 4.78 is 15.2. The Morgan fingerprint density at radius 1 is 1.21 bits per heavy atom. The van der Waals surface area contributed by atoms with Gasteiger partial charge in [-0.05, 0) is 71.0 Å². The Labute approximate surface area is 196 Å². The van der Waals surface area contributed by atoms with Crippen LogP contribution in [0.3, 0.4) is 0 Å². The van der Waals surface area contributed by atoms with Gasteiger partial charge in [-0.2, -0.15) is 0 Å². The molecule has 3 rings (SSSR count). The minimum atomic E-state index is -1.17. The number of rotatable bonds is 5. The zero-order valence-electron chi connectivity index (χ0n) is 19.7. The van der Waals surface area contributed by atoms with Crippen molar-refractivity contribution in [3.8, 4) is 5.69 Å². The monoisotopic (exact) mass is 469 g/mol. The summed E-state index contributed by atoms with van der Waals surface area (Å²) in [7, 11) is 0. The summed E-state index contributed by atoms with van der Waals surface area (Å²) in [5, 5.41) is 15.3. The van der Waals surface area contributed by atoms with E-state index in [-0.39, 0.29) is 16.7 Å². The SMILES string of the molecule is CCNC(=O)Nc1cccc(-n2c([C@H](C)N(C(=O)O)C(C)(C)C)nc3ccc(F)cc3c2=O)c1. The number of nitrogens with one attached hydrogen (secondary N) is 2. The minimum absolute atomic E-state index is 0.0515. The third kappa shape index (κ3) is 5.00. The summed E-state index contributed by atoms with van der Waals surface area (Å²) in [4.78, 5) is 43.5. The van der Waals surface area contributed by atoms with Gasteiger partial charge in [0.15, 0.2) is 0 Å². The largest absolute Gasteiger partial charge is 0.465 e. The molecule has 0 saturated heterocycles. The number of benzene rings is 2. The Morgan fingerprint density at radius 3 is 2.53 bits per heavy atom. The number of carbonyl (C=O) groups is 2. The quantitative estimate of drug-likeness (QED) is 0.509. The molecule has 0 aliphatic carbocycles. The molecule has 3 N–H and O–H groups in total. The fourth-order valence-electron chi connectivity index (χ4n) is 3.91. The normalized spacial score (nSPS) is 12.3. The lowest BCUT2D eigenvalue weighted by Gasteiger charge is -2.38. The van der Waals surface area contributed by atoms with Crippen LogP contribution < -0.4 is 16.2 Å². The molecule has 180 valence electrons. The Morgan fingerprint density at radius 2 is 1.91 bits per heavy atom. The summed E-state index contributed by atoms with van der Waals surface area (Å²) in [5.41, 5.74) is -0.341. The number of anilines is 1. The van der Waals surface area contributed by atoms with E-state index in [1.54, 1.807) is 58.9 Å². The molecule has 0 unspecified atom stereocenters. The van der Waals surface area contributed by atoms with Gasteiger partial charge in [0.25, 0.3) is 5.56 Å². The zero-order chi connectivity index (χ0) is 25.2. The number of aromatic nitrogens is 2. The Bertz CT molecular complexity index is 1300. The van der Waals surface area contributed by atoms with Crippen LogP contribution in [0.2, 0.25) is 0 Å². The maximum Gasteiger partial charge on any atom is 0.408 e. The fourth-order valence-corrected chi connectivity index (χ4v) is 3.91. The number of carboxylic acid groups (broad SMARTS) is 1. The van der Waals surface area contributed by atoms with Crippen LogP contribution in [-0.4, -0.2) is 43.8 Å². The first kappa shape index (κ1) is 24.7. The molecule has 0 aliphatic heterocycles. The summed E-state index contributed by atoms with van der Waals surface area (Å²) in [5.74, 6) is -0.427. The van der Waals surface area contributed by atoms with Gasteiger partial charge >= 0.3 is 12.1 Å². The second-order valence-corrected chi connectivity index (χ2v) is 8.81. The van der Waals surface area contributed by atoms with Crippen molar-refractivity contribution >= 4 is 28.7 Å². The first-order chi connectivity index (χ1) is 15.9. The third-order valence-electron chi connectivity index (χ3n) is 5.25. The van der Waals surface area contributed by atoms with Crippen LogP contribution >= 0.6 is 0 Å². The molecule has 0 aliphatic rings. The second kappa shape index (κ2) is 9.50. The average molecular weight is 470 g/mol. The van der Waals surface area contributed by atoms with Gasteiger partial charge in [0.2, 0.25) is 0 Å². The number of urea groups is 1. The molecule has 0 saturated carbocycles. The second-order valence-electron chi connectivity index (χ2n) is 8.81. The highest BCUT2D eigenvalue weighted by Gasteiger charge is 2.34. The maximum absolute atomic E-state index is 14.0. The van der Waals surface area contributed by atoms with E-state index < -0.39 is 35.1 Å². The lowest BCUT2D eigenvalue weighted by atomic mass is 10.0.